The molecule has 0 radical (unpaired) electrons. The third-order valence-electron chi connectivity index (χ3n) is 3.80. The van der Waals surface area contributed by atoms with Gasteiger partial charge in [0.05, 0.1) is 11.1 Å². The van der Waals surface area contributed by atoms with E-state index in [1.165, 1.54) is 13.8 Å². The first kappa shape index (κ1) is 16.2. The maximum atomic E-state index is 12.9. The fourth-order valence-electron chi connectivity index (χ4n) is 2.93. The van der Waals surface area contributed by atoms with Gasteiger partial charge in [-0.15, -0.1) is 0 Å². The summed E-state index contributed by atoms with van der Waals surface area (Å²) in [6.07, 6.45) is -1.71. The monoisotopic (exact) mass is 326 g/mol. The van der Waals surface area contributed by atoms with E-state index in [1.54, 1.807) is 36.4 Å². The van der Waals surface area contributed by atoms with E-state index in [-0.39, 0.29) is 33.8 Å². The quantitative estimate of drug-likeness (QED) is 0.547. The van der Waals surface area contributed by atoms with Crippen LogP contribution in [0.5, 0.6) is 0 Å². The highest BCUT2D eigenvalue weighted by Gasteiger charge is 2.33. The Morgan fingerprint density at radius 2 is 1.12 bits per heavy atom. The number of hydrogen-bond acceptors (Lipinski definition) is 6. The number of benzene rings is 2. The van der Waals surface area contributed by atoms with Gasteiger partial charge in [-0.1, -0.05) is 24.3 Å². The lowest BCUT2D eigenvalue weighted by Crippen LogP contribution is -2.26. The Hall–Kier alpha value is -2.70. The van der Waals surface area contributed by atoms with Gasteiger partial charge in [0.25, 0.3) is 0 Å². The minimum atomic E-state index is -0.857. The molecule has 0 saturated heterocycles. The first-order valence-corrected chi connectivity index (χ1v) is 7.64. The lowest BCUT2D eigenvalue weighted by atomic mass is 9.82. The summed E-state index contributed by atoms with van der Waals surface area (Å²) < 4.78 is 0. The van der Waals surface area contributed by atoms with Crippen molar-refractivity contribution in [1.82, 2.24) is 0 Å². The van der Waals surface area contributed by atoms with Crippen LogP contribution < -0.4 is 10.6 Å². The third-order valence-corrected chi connectivity index (χ3v) is 3.80. The van der Waals surface area contributed by atoms with Crippen molar-refractivity contribution in [3.8, 4) is 0 Å². The number of nitrogens with one attached hydrogen (secondary N) is 2. The van der Waals surface area contributed by atoms with Gasteiger partial charge in [-0.25, -0.2) is 0 Å². The molecule has 6 heteroatoms. The number of fused-ring (bicyclic) bond motifs is 2. The summed E-state index contributed by atoms with van der Waals surface area (Å²) in [6, 6.07) is 9.80. The van der Waals surface area contributed by atoms with Crippen LogP contribution in [0.2, 0.25) is 0 Å². The van der Waals surface area contributed by atoms with E-state index in [0.29, 0.717) is 11.4 Å². The predicted octanol–water partition coefficient (Wildman–Crippen LogP) is 1.96. The van der Waals surface area contributed by atoms with Crippen molar-refractivity contribution < 1.29 is 19.8 Å². The Labute approximate surface area is 139 Å². The maximum Gasteiger partial charge on any atom is 0.196 e. The summed E-state index contributed by atoms with van der Waals surface area (Å²) >= 11 is 0. The van der Waals surface area contributed by atoms with Gasteiger partial charge in [0.15, 0.2) is 11.6 Å². The molecule has 4 N–H and O–H groups in total. The van der Waals surface area contributed by atoms with Gasteiger partial charge < -0.3 is 20.8 Å². The minimum absolute atomic E-state index is 0.255. The van der Waals surface area contributed by atoms with Crippen LogP contribution >= 0.6 is 0 Å². The van der Waals surface area contributed by atoms with Gasteiger partial charge in [-0.05, 0) is 26.0 Å². The number of anilines is 2. The summed E-state index contributed by atoms with van der Waals surface area (Å²) in [6.45, 7) is 3.07. The molecule has 3 rings (SSSR count). The molecule has 0 aliphatic heterocycles. The molecule has 0 heterocycles. The zero-order chi connectivity index (χ0) is 17.4. The van der Waals surface area contributed by atoms with Gasteiger partial charge in [0.1, 0.15) is 12.5 Å². The Morgan fingerprint density at radius 1 is 0.750 bits per heavy atom. The molecule has 1 aliphatic rings. The van der Waals surface area contributed by atoms with Crippen LogP contribution in [-0.2, 0) is 0 Å². The molecule has 0 aromatic heterocycles. The van der Waals surface area contributed by atoms with E-state index in [0.717, 1.165) is 0 Å². The highest BCUT2D eigenvalue weighted by Crippen LogP contribution is 2.35. The lowest BCUT2D eigenvalue weighted by Gasteiger charge is -2.24. The summed E-state index contributed by atoms with van der Waals surface area (Å²) in [4.78, 5) is 25.9. The van der Waals surface area contributed by atoms with Gasteiger partial charge in [0.2, 0.25) is 0 Å². The highest BCUT2D eigenvalue weighted by atomic mass is 16.3. The second-order valence-electron chi connectivity index (χ2n) is 5.76. The van der Waals surface area contributed by atoms with Crippen LogP contribution in [-0.4, -0.2) is 34.2 Å². The number of carbonyl (C=O) groups is 2. The number of ketones is 2. The molecule has 2 unspecified atom stereocenters. The molecule has 0 fully saturated rings. The normalized spacial score (nSPS) is 15.3. The molecule has 2 aromatic carbocycles. The third kappa shape index (κ3) is 2.66. The molecule has 124 valence electrons. The molecule has 0 bridgehead atoms. The summed E-state index contributed by atoms with van der Waals surface area (Å²) in [5.74, 6) is -0.588. The topological polar surface area (TPSA) is 98.7 Å². The molecule has 2 aromatic rings. The second-order valence-corrected chi connectivity index (χ2v) is 5.76. The molecule has 2 atom stereocenters. The highest BCUT2D eigenvalue weighted by molar-refractivity contribution is 6.31. The van der Waals surface area contributed by atoms with E-state index in [9.17, 15) is 19.8 Å². The van der Waals surface area contributed by atoms with Crippen LogP contribution in [0, 0.1) is 0 Å². The van der Waals surface area contributed by atoms with Gasteiger partial charge in [0, 0.05) is 22.5 Å². The Kier molecular flexibility index (Phi) is 4.09. The molecule has 0 amide bonds. The Bertz CT molecular complexity index is 758. The van der Waals surface area contributed by atoms with Gasteiger partial charge in [-0.2, -0.15) is 0 Å². The van der Waals surface area contributed by atoms with Crippen LogP contribution in [0.4, 0.5) is 11.4 Å². The standard InChI is InChI=1S/C18H18N2O4/c1-9(21)19-13-7-3-5-11-15(13)17(23)12-6-4-8-14(20-10(2)22)16(12)18(11)24/h3-10,19-22H,1-2H3. The molecule has 1 aliphatic carbocycles. The minimum Gasteiger partial charge on any atom is -0.374 e. The number of aliphatic hydroxyl groups excluding tert-OH is 2. The predicted molar refractivity (Wildman–Crippen MR) is 90.4 cm³/mol. The van der Waals surface area contributed by atoms with E-state index in [4.69, 9.17) is 0 Å². The number of rotatable bonds is 4. The van der Waals surface area contributed by atoms with Crippen molar-refractivity contribution in [3.63, 3.8) is 0 Å². The smallest absolute Gasteiger partial charge is 0.196 e. The molecule has 6 nitrogen and oxygen atoms in total. The van der Waals surface area contributed by atoms with Crippen molar-refractivity contribution in [2.45, 2.75) is 26.3 Å². The van der Waals surface area contributed by atoms with Gasteiger partial charge in [-0.3, -0.25) is 9.59 Å². The van der Waals surface area contributed by atoms with Crippen LogP contribution in [0.15, 0.2) is 36.4 Å². The average molecular weight is 326 g/mol. The van der Waals surface area contributed by atoms with Gasteiger partial charge >= 0.3 is 0 Å². The zero-order valence-electron chi connectivity index (χ0n) is 13.3. The SMILES string of the molecule is CC(O)Nc1cccc2c1C(=O)c1cccc(NC(C)O)c1C2=O. The van der Waals surface area contributed by atoms with Crippen molar-refractivity contribution in [2.75, 3.05) is 10.6 Å². The van der Waals surface area contributed by atoms with E-state index < -0.39 is 12.5 Å². The number of aliphatic hydroxyl groups is 2. The first-order chi connectivity index (χ1) is 11.4. The molecular formula is C18H18N2O4. The summed E-state index contributed by atoms with van der Waals surface area (Å²) in [7, 11) is 0. The summed E-state index contributed by atoms with van der Waals surface area (Å²) in [5, 5.41) is 24.7. The largest absolute Gasteiger partial charge is 0.374 e. The fourth-order valence-corrected chi connectivity index (χ4v) is 2.93. The Balaban J connectivity index is 2.19. The second kappa shape index (κ2) is 6.07. The fraction of sp³-hybridized carbons (Fsp3) is 0.222. The van der Waals surface area contributed by atoms with Crippen molar-refractivity contribution in [1.29, 1.82) is 0 Å². The number of hydrogen-bond donors (Lipinski definition) is 4. The molecule has 24 heavy (non-hydrogen) atoms. The molecule has 0 spiro atoms. The molecule has 0 saturated carbocycles. The maximum absolute atomic E-state index is 12.9. The zero-order valence-corrected chi connectivity index (χ0v) is 13.3. The lowest BCUT2D eigenvalue weighted by molar-refractivity contribution is 0.0979. The summed E-state index contributed by atoms with van der Waals surface area (Å²) in [5.41, 5.74) is 1.90. The molecular weight excluding hydrogens is 308 g/mol. The van der Waals surface area contributed by atoms with E-state index >= 15 is 0 Å². The average Bonchev–Trinajstić information content (AvgIpc) is 2.51. The van der Waals surface area contributed by atoms with Crippen molar-refractivity contribution >= 4 is 22.9 Å². The van der Waals surface area contributed by atoms with E-state index in [2.05, 4.69) is 10.6 Å². The number of carbonyl (C=O) groups excluding carboxylic acids is 2. The first-order valence-electron chi connectivity index (χ1n) is 7.64. The van der Waals surface area contributed by atoms with Crippen molar-refractivity contribution in [2.24, 2.45) is 0 Å². The van der Waals surface area contributed by atoms with Crippen LogP contribution in [0.3, 0.4) is 0 Å². The van der Waals surface area contributed by atoms with E-state index in [1.807, 2.05) is 0 Å². The Morgan fingerprint density at radius 3 is 1.46 bits per heavy atom. The van der Waals surface area contributed by atoms with Crippen LogP contribution in [0.1, 0.15) is 45.7 Å². The van der Waals surface area contributed by atoms with Crippen LogP contribution in [0.25, 0.3) is 0 Å². The van der Waals surface area contributed by atoms with Crippen molar-refractivity contribution in [3.05, 3.63) is 58.7 Å².